The third kappa shape index (κ3) is 4.97. The Morgan fingerprint density at radius 3 is 2.39 bits per heavy atom. The van der Waals surface area contributed by atoms with E-state index in [4.69, 9.17) is 32.9 Å². The van der Waals surface area contributed by atoms with Crippen LogP contribution < -0.4 is 5.32 Å². The number of fused-ring (bicyclic) bond motifs is 1. The molecule has 3 atom stereocenters. The average Bonchev–Trinajstić information content (AvgIpc) is 3.12. The molecule has 0 bridgehead atoms. The first kappa shape index (κ1) is 27.9. The summed E-state index contributed by atoms with van der Waals surface area (Å²) in [5, 5.41) is 14.5. The Balaban J connectivity index is 1.56. The van der Waals surface area contributed by atoms with Gasteiger partial charge in [-0.05, 0) is 61.1 Å². The number of ether oxygens (including phenoxy) is 1. The van der Waals surface area contributed by atoms with E-state index in [0.717, 1.165) is 16.5 Å². The molecule has 0 aliphatic heterocycles. The summed E-state index contributed by atoms with van der Waals surface area (Å²) in [7, 11) is 1.27. The summed E-state index contributed by atoms with van der Waals surface area (Å²) >= 11 is 12.7. The molecule has 1 aliphatic carbocycles. The molecule has 0 spiro atoms. The Bertz CT molecular complexity index is 1400. The summed E-state index contributed by atoms with van der Waals surface area (Å²) < 4.78 is 4.97. The fourth-order valence-electron chi connectivity index (χ4n) is 5.37. The first-order chi connectivity index (χ1) is 17.9. The van der Waals surface area contributed by atoms with Crippen LogP contribution in [0.5, 0.6) is 0 Å². The summed E-state index contributed by atoms with van der Waals surface area (Å²) in [6.45, 7) is 5.27. The highest BCUT2D eigenvalue weighted by atomic mass is 35.5. The van der Waals surface area contributed by atoms with Gasteiger partial charge in [-0.2, -0.15) is 0 Å². The SMILES string of the molecule is COC(=O)[C@H](Cc1ccc2nc(-c3c(Cl)cccc3Cl)ccc2c1)NC(=O)[C@H]1CC[C@@](C)(C(=O)O)C1(C)C. The molecule has 2 aromatic carbocycles. The van der Waals surface area contributed by atoms with E-state index >= 15 is 0 Å². The number of carbonyl (C=O) groups is 3. The van der Waals surface area contributed by atoms with Crippen LogP contribution in [0.25, 0.3) is 22.2 Å². The van der Waals surface area contributed by atoms with Crippen LogP contribution in [-0.4, -0.2) is 41.1 Å². The standard InChI is InChI=1S/C29H30Cl2N2O5/c1-28(2)18(12-13-29(28,3)27(36)37)25(34)33-23(26(35)38-4)15-16-8-10-21-17(14-16)9-11-22(32-21)24-19(30)6-5-7-20(24)31/h5-11,14,18,23H,12-13,15H2,1-4H3,(H,33,34)(H,36,37)/t18-,23+,29+/m1/s1. The largest absolute Gasteiger partial charge is 0.481 e. The van der Waals surface area contributed by atoms with Crippen molar-refractivity contribution in [3.63, 3.8) is 0 Å². The van der Waals surface area contributed by atoms with Crippen molar-refractivity contribution in [2.45, 2.75) is 46.1 Å². The van der Waals surface area contributed by atoms with Crippen LogP contribution >= 0.6 is 23.2 Å². The molecule has 1 heterocycles. The highest BCUT2D eigenvalue weighted by Gasteiger charge is 2.58. The molecule has 0 unspecified atom stereocenters. The second-order valence-corrected chi connectivity index (χ2v) is 11.4. The summed E-state index contributed by atoms with van der Waals surface area (Å²) in [6.07, 6.45) is 1.01. The number of carbonyl (C=O) groups excluding carboxylic acids is 2. The fraction of sp³-hybridized carbons (Fsp3) is 0.379. The number of nitrogens with one attached hydrogen (secondary N) is 1. The number of carboxylic acids is 1. The van der Waals surface area contributed by atoms with E-state index in [1.807, 2.05) is 30.3 Å². The summed E-state index contributed by atoms with van der Waals surface area (Å²) in [6, 6.07) is 13.7. The number of carboxylic acid groups (broad SMARTS) is 1. The van der Waals surface area contributed by atoms with Crippen molar-refractivity contribution >= 4 is 52.0 Å². The van der Waals surface area contributed by atoms with E-state index in [1.165, 1.54) is 7.11 Å². The molecular weight excluding hydrogens is 527 g/mol. The Labute approximate surface area is 231 Å². The van der Waals surface area contributed by atoms with E-state index in [0.29, 0.717) is 34.1 Å². The average molecular weight is 557 g/mol. The van der Waals surface area contributed by atoms with Gasteiger partial charge >= 0.3 is 11.9 Å². The van der Waals surface area contributed by atoms with Gasteiger partial charge in [0.1, 0.15) is 6.04 Å². The molecule has 7 nitrogen and oxygen atoms in total. The van der Waals surface area contributed by atoms with E-state index in [2.05, 4.69) is 5.32 Å². The smallest absolute Gasteiger partial charge is 0.328 e. The Hall–Kier alpha value is -3.16. The van der Waals surface area contributed by atoms with Crippen LogP contribution in [0.15, 0.2) is 48.5 Å². The van der Waals surface area contributed by atoms with Gasteiger partial charge in [0.05, 0.1) is 33.8 Å². The number of hydrogen-bond donors (Lipinski definition) is 2. The predicted octanol–water partition coefficient (Wildman–Crippen LogP) is 5.94. The number of hydrogen-bond acceptors (Lipinski definition) is 5. The summed E-state index contributed by atoms with van der Waals surface area (Å²) in [5.74, 6) is -2.39. The van der Waals surface area contributed by atoms with Gasteiger partial charge in [0.15, 0.2) is 0 Å². The van der Waals surface area contributed by atoms with Crippen molar-refractivity contribution in [3.8, 4) is 11.3 Å². The molecule has 0 saturated heterocycles. The Morgan fingerprint density at radius 1 is 1.11 bits per heavy atom. The van der Waals surface area contributed by atoms with Crippen LogP contribution in [0.1, 0.15) is 39.2 Å². The first-order valence-corrected chi connectivity index (χ1v) is 13.1. The maximum Gasteiger partial charge on any atom is 0.328 e. The van der Waals surface area contributed by atoms with Crippen molar-refractivity contribution in [3.05, 3.63) is 64.1 Å². The number of esters is 1. The molecule has 0 radical (unpaired) electrons. The lowest BCUT2D eigenvalue weighted by Crippen LogP contribution is -2.50. The number of aliphatic carboxylic acids is 1. The number of methoxy groups -OCH3 is 1. The minimum atomic E-state index is -1.03. The number of pyridine rings is 1. The minimum Gasteiger partial charge on any atom is -0.481 e. The van der Waals surface area contributed by atoms with Gasteiger partial charge in [0.25, 0.3) is 0 Å². The van der Waals surface area contributed by atoms with Crippen LogP contribution in [0.2, 0.25) is 10.0 Å². The number of amides is 1. The summed E-state index contributed by atoms with van der Waals surface area (Å²) in [5.41, 5.74) is 1.01. The Morgan fingerprint density at radius 2 is 1.79 bits per heavy atom. The zero-order valence-electron chi connectivity index (χ0n) is 21.7. The lowest BCUT2D eigenvalue weighted by molar-refractivity contribution is -0.156. The molecule has 1 aliphatic rings. The lowest BCUT2D eigenvalue weighted by Gasteiger charge is -2.38. The van der Waals surface area contributed by atoms with Gasteiger partial charge in [-0.15, -0.1) is 0 Å². The van der Waals surface area contributed by atoms with Gasteiger partial charge in [-0.25, -0.2) is 9.78 Å². The Kier molecular flexibility index (Phi) is 7.73. The number of nitrogens with zero attached hydrogens (tertiary/aromatic N) is 1. The maximum absolute atomic E-state index is 13.3. The van der Waals surface area contributed by atoms with Crippen LogP contribution in [0, 0.1) is 16.7 Å². The second-order valence-electron chi connectivity index (χ2n) is 10.6. The minimum absolute atomic E-state index is 0.204. The van der Waals surface area contributed by atoms with E-state index in [9.17, 15) is 19.5 Å². The predicted molar refractivity (Wildman–Crippen MR) is 147 cm³/mol. The van der Waals surface area contributed by atoms with E-state index in [1.54, 1.807) is 39.0 Å². The fourth-order valence-corrected chi connectivity index (χ4v) is 5.96. The van der Waals surface area contributed by atoms with Crippen molar-refractivity contribution in [2.24, 2.45) is 16.7 Å². The van der Waals surface area contributed by atoms with E-state index in [-0.39, 0.29) is 12.3 Å². The lowest BCUT2D eigenvalue weighted by atomic mass is 9.65. The van der Waals surface area contributed by atoms with Crippen molar-refractivity contribution in [1.29, 1.82) is 0 Å². The van der Waals surface area contributed by atoms with Crippen LogP contribution in [0.4, 0.5) is 0 Å². The molecular formula is C29H30Cl2N2O5. The molecule has 38 heavy (non-hydrogen) atoms. The van der Waals surface area contributed by atoms with Crippen LogP contribution in [-0.2, 0) is 25.5 Å². The normalized spacial score (nSPS) is 21.2. The summed E-state index contributed by atoms with van der Waals surface area (Å²) in [4.78, 5) is 42.6. The third-order valence-corrected chi connectivity index (χ3v) is 8.86. The van der Waals surface area contributed by atoms with Gasteiger partial charge in [0, 0.05) is 23.3 Å². The molecule has 4 rings (SSSR count). The molecule has 1 saturated carbocycles. The molecule has 200 valence electrons. The maximum atomic E-state index is 13.3. The van der Waals surface area contributed by atoms with Crippen molar-refractivity contribution < 1.29 is 24.2 Å². The second kappa shape index (κ2) is 10.5. The van der Waals surface area contributed by atoms with Gasteiger partial charge in [-0.1, -0.05) is 55.2 Å². The molecule has 2 N–H and O–H groups in total. The first-order valence-electron chi connectivity index (χ1n) is 12.3. The van der Waals surface area contributed by atoms with Crippen molar-refractivity contribution in [1.82, 2.24) is 10.3 Å². The zero-order valence-corrected chi connectivity index (χ0v) is 23.2. The molecule has 9 heteroatoms. The van der Waals surface area contributed by atoms with Gasteiger partial charge in [0.2, 0.25) is 5.91 Å². The molecule has 1 amide bonds. The zero-order chi connectivity index (χ0) is 27.8. The topological polar surface area (TPSA) is 106 Å². The van der Waals surface area contributed by atoms with Gasteiger partial charge < -0.3 is 15.2 Å². The van der Waals surface area contributed by atoms with Crippen molar-refractivity contribution in [2.75, 3.05) is 7.11 Å². The van der Waals surface area contributed by atoms with E-state index < -0.39 is 34.7 Å². The molecule has 1 fully saturated rings. The highest BCUT2D eigenvalue weighted by molar-refractivity contribution is 6.39. The third-order valence-electron chi connectivity index (χ3n) is 8.23. The molecule has 1 aromatic heterocycles. The monoisotopic (exact) mass is 556 g/mol. The number of benzene rings is 2. The quantitative estimate of drug-likeness (QED) is 0.349. The highest BCUT2D eigenvalue weighted by Crippen LogP contribution is 2.56. The van der Waals surface area contributed by atoms with Gasteiger partial charge in [-0.3, -0.25) is 9.59 Å². The number of halogens is 2. The number of rotatable bonds is 7. The molecule has 3 aromatic rings. The van der Waals surface area contributed by atoms with Crippen LogP contribution in [0.3, 0.4) is 0 Å². The number of aromatic nitrogens is 1.